The second-order valence-corrected chi connectivity index (χ2v) is 3.77. The molecule has 1 aromatic rings. The van der Waals surface area contributed by atoms with Crippen LogP contribution in [0, 0.1) is 5.41 Å². The van der Waals surface area contributed by atoms with E-state index in [-0.39, 0.29) is 5.84 Å². The van der Waals surface area contributed by atoms with Gasteiger partial charge in [-0.1, -0.05) is 0 Å². The van der Waals surface area contributed by atoms with Crippen molar-refractivity contribution < 1.29 is 4.74 Å². The average Bonchev–Trinajstić information content (AvgIpc) is 2.77. The van der Waals surface area contributed by atoms with E-state index in [9.17, 15) is 0 Å². The van der Waals surface area contributed by atoms with E-state index in [4.69, 9.17) is 15.9 Å². The predicted molar refractivity (Wildman–Crippen MR) is 68.5 cm³/mol. The Morgan fingerprint density at radius 2 is 2.35 bits per heavy atom. The molecule has 0 radical (unpaired) electrons. The zero-order valence-electron chi connectivity index (χ0n) is 10.5. The van der Waals surface area contributed by atoms with Crippen LogP contribution < -0.4 is 10.6 Å². The highest BCUT2D eigenvalue weighted by molar-refractivity contribution is 5.77. The van der Waals surface area contributed by atoms with Crippen LogP contribution in [-0.4, -0.2) is 42.2 Å². The molecule has 1 rings (SSSR count). The van der Waals surface area contributed by atoms with Crippen LogP contribution >= 0.6 is 0 Å². The third-order valence-corrected chi connectivity index (χ3v) is 2.53. The minimum Gasteiger partial charge on any atom is -0.388 e. The molecule has 0 aliphatic heterocycles. The van der Waals surface area contributed by atoms with Crippen molar-refractivity contribution in [2.24, 2.45) is 5.73 Å². The molecule has 0 aliphatic carbocycles. The SMILES string of the molecule is CCn1ccnc1N(CCOC)CCC(=N)N. The van der Waals surface area contributed by atoms with E-state index in [0.29, 0.717) is 19.6 Å². The number of rotatable bonds is 8. The molecule has 0 saturated carbocycles. The Kier molecular flexibility index (Phi) is 5.48. The van der Waals surface area contributed by atoms with Gasteiger partial charge in [-0.25, -0.2) is 4.98 Å². The Morgan fingerprint density at radius 3 is 2.94 bits per heavy atom. The Morgan fingerprint density at radius 1 is 1.59 bits per heavy atom. The largest absolute Gasteiger partial charge is 0.388 e. The molecule has 1 aromatic heterocycles. The number of methoxy groups -OCH3 is 1. The summed E-state index contributed by atoms with van der Waals surface area (Å²) < 4.78 is 7.15. The molecule has 0 aromatic carbocycles. The zero-order chi connectivity index (χ0) is 12.7. The smallest absolute Gasteiger partial charge is 0.205 e. The van der Waals surface area contributed by atoms with Crippen LogP contribution in [0.4, 0.5) is 5.95 Å². The molecule has 0 spiro atoms. The first-order valence-corrected chi connectivity index (χ1v) is 5.77. The minimum absolute atomic E-state index is 0.196. The zero-order valence-corrected chi connectivity index (χ0v) is 10.5. The second-order valence-electron chi connectivity index (χ2n) is 3.77. The van der Waals surface area contributed by atoms with Gasteiger partial charge in [-0.3, -0.25) is 5.41 Å². The fraction of sp³-hybridized carbons (Fsp3) is 0.636. The van der Waals surface area contributed by atoms with Crippen molar-refractivity contribution >= 4 is 11.8 Å². The van der Waals surface area contributed by atoms with Crippen LogP contribution in [0.2, 0.25) is 0 Å². The van der Waals surface area contributed by atoms with Crippen molar-refractivity contribution in [3.05, 3.63) is 12.4 Å². The quantitative estimate of drug-likeness (QED) is 0.516. The number of anilines is 1. The van der Waals surface area contributed by atoms with Crippen LogP contribution in [-0.2, 0) is 11.3 Å². The van der Waals surface area contributed by atoms with E-state index in [1.54, 1.807) is 13.3 Å². The van der Waals surface area contributed by atoms with Gasteiger partial charge >= 0.3 is 0 Å². The van der Waals surface area contributed by atoms with Crippen LogP contribution in [0.25, 0.3) is 0 Å². The number of hydrogen-bond acceptors (Lipinski definition) is 4. The molecule has 96 valence electrons. The molecular formula is C11H21N5O. The number of nitrogens with zero attached hydrogens (tertiary/aromatic N) is 3. The number of hydrogen-bond donors (Lipinski definition) is 2. The summed E-state index contributed by atoms with van der Waals surface area (Å²) in [6.07, 6.45) is 4.27. The lowest BCUT2D eigenvalue weighted by molar-refractivity contribution is 0.205. The summed E-state index contributed by atoms with van der Waals surface area (Å²) >= 11 is 0. The summed E-state index contributed by atoms with van der Waals surface area (Å²) in [7, 11) is 1.68. The van der Waals surface area contributed by atoms with E-state index in [0.717, 1.165) is 19.0 Å². The maximum Gasteiger partial charge on any atom is 0.205 e. The maximum atomic E-state index is 7.28. The first kappa shape index (κ1) is 13.5. The van der Waals surface area contributed by atoms with Crippen molar-refractivity contribution in [3.8, 4) is 0 Å². The molecule has 0 atom stereocenters. The van der Waals surface area contributed by atoms with Crippen LogP contribution in [0.1, 0.15) is 13.3 Å². The Labute approximate surface area is 102 Å². The van der Waals surface area contributed by atoms with Crippen LogP contribution in [0.15, 0.2) is 12.4 Å². The number of nitrogens with two attached hydrogens (primary N) is 1. The molecule has 0 amide bonds. The lowest BCUT2D eigenvalue weighted by Gasteiger charge is -2.23. The molecule has 17 heavy (non-hydrogen) atoms. The maximum absolute atomic E-state index is 7.28. The summed E-state index contributed by atoms with van der Waals surface area (Å²) in [5, 5.41) is 7.28. The third kappa shape index (κ3) is 4.07. The first-order valence-electron chi connectivity index (χ1n) is 5.77. The number of nitrogens with one attached hydrogen (secondary N) is 1. The summed E-state index contributed by atoms with van der Waals surface area (Å²) in [4.78, 5) is 6.43. The molecule has 0 aliphatic rings. The molecule has 0 saturated heterocycles. The highest BCUT2D eigenvalue weighted by atomic mass is 16.5. The summed E-state index contributed by atoms with van der Waals surface area (Å²) in [6.45, 7) is 5.02. The van der Waals surface area contributed by atoms with Crippen molar-refractivity contribution in [2.45, 2.75) is 19.9 Å². The van der Waals surface area contributed by atoms with Gasteiger partial charge in [0.1, 0.15) is 0 Å². The lowest BCUT2D eigenvalue weighted by Crippen LogP contribution is -2.33. The van der Waals surface area contributed by atoms with Gasteiger partial charge in [-0.2, -0.15) is 0 Å². The van der Waals surface area contributed by atoms with Gasteiger partial charge < -0.3 is 19.9 Å². The summed E-state index contributed by atoms with van der Waals surface area (Å²) in [5.74, 6) is 1.10. The molecule has 3 N–H and O–H groups in total. The van der Waals surface area contributed by atoms with Gasteiger partial charge in [-0.05, 0) is 6.92 Å². The monoisotopic (exact) mass is 239 g/mol. The van der Waals surface area contributed by atoms with E-state index in [1.807, 2.05) is 6.20 Å². The number of aryl methyl sites for hydroxylation is 1. The predicted octanol–water partition coefficient (Wildman–Crippen LogP) is 0.682. The summed E-state index contributed by atoms with van der Waals surface area (Å²) in [6, 6.07) is 0. The van der Waals surface area contributed by atoms with Crippen molar-refractivity contribution in [1.29, 1.82) is 5.41 Å². The van der Waals surface area contributed by atoms with Crippen molar-refractivity contribution in [2.75, 3.05) is 31.7 Å². The van der Waals surface area contributed by atoms with Crippen LogP contribution in [0.5, 0.6) is 0 Å². The van der Waals surface area contributed by atoms with Gasteiger partial charge in [0.25, 0.3) is 0 Å². The normalized spacial score (nSPS) is 10.5. The molecule has 0 bridgehead atoms. The molecule has 6 heteroatoms. The number of imidazole rings is 1. The fourth-order valence-corrected chi connectivity index (χ4v) is 1.60. The topological polar surface area (TPSA) is 80.2 Å². The molecule has 6 nitrogen and oxygen atoms in total. The van der Waals surface area contributed by atoms with E-state index >= 15 is 0 Å². The number of amidine groups is 1. The summed E-state index contributed by atoms with van der Waals surface area (Å²) in [5.41, 5.74) is 5.39. The highest BCUT2D eigenvalue weighted by Crippen LogP contribution is 2.11. The van der Waals surface area contributed by atoms with Gasteiger partial charge in [0.15, 0.2) is 0 Å². The standard InChI is InChI=1S/C11H21N5O/c1-3-15-7-5-14-11(15)16(8-9-17-2)6-4-10(12)13/h5,7H,3-4,6,8-9H2,1-2H3,(H3,12,13). The van der Waals surface area contributed by atoms with Gasteiger partial charge in [0.2, 0.25) is 5.95 Å². The minimum atomic E-state index is 0.196. The van der Waals surface area contributed by atoms with Gasteiger partial charge in [0, 0.05) is 45.6 Å². The Balaban J connectivity index is 2.70. The molecule has 0 unspecified atom stereocenters. The number of aromatic nitrogens is 2. The Bertz CT molecular complexity index is 349. The second kappa shape index (κ2) is 6.90. The first-order chi connectivity index (χ1) is 8.19. The fourth-order valence-electron chi connectivity index (χ4n) is 1.60. The van der Waals surface area contributed by atoms with Crippen molar-refractivity contribution in [1.82, 2.24) is 9.55 Å². The molecule has 0 fully saturated rings. The van der Waals surface area contributed by atoms with E-state index < -0.39 is 0 Å². The van der Waals surface area contributed by atoms with Crippen molar-refractivity contribution in [3.63, 3.8) is 0 Å². The van der Waals surface area contributed by atoms with Gasteiger partial charge in [-0.15, -0.1) is 0 Å². The average molecular weight is 239 g/mol. The third-order valence-electron chi connectivity index (χ3n) is 2.53. The van der Waals surface area contributed by atoms with Gasteiger partial charge in [0.05, 0.1) is 12.4 Å². The molecule has 1 heterocycles. The molecular weight excluding hydrogens is 218 g/mol. The number of ether oxygens (including phenoxy) is 1. The van der Waals surface area contributed by atoms with E-state index in [1.165, 1.54) is 0 Å². The van der Waals surface area contributed by atoms with Crippen LogP contribution in [0.3, 0.4) is 0 Å². The Hall–Kier alpha value is -1.56. The van der Waals surface area contributed by atoms with E-state index in [2.05, 4.69) is 21.4 Å². The lowest BCUT2D eigenvalue weighted by atomic mass is 10.3. The highest BCUT2D eigenvalue weighted by Gasteiger charge is 2.11.